The molecule has 0 unspecified atom stereocenters. The number of aromatic nitrogens is 1. The lowest BCUT2D eigenvalue weighted by Gasteiger charge is -2.10. The number of hydrogen-bond acceptors (Lipinski definition) is 4. The van der Waals surface area contributed by atoms with Gasteiger partial charge in [-0.15, -0.1) is 0 Å². The summed E-state index contributed by atoms with van der Waals surface area (Å²) in [4.78, 5) is 36.5. The summed E-state index contributed by atoms with van der Waals surface area (Å²) < 4.78 is 0. The number of fused-ring (bicyclic) bond motifs is 1. The second-order valence-corrected chi connectivity index (χ2v) is 4.48. The monoisotopic (exact) mass is 289 g/mol. The van der Waals surface area contributed by atoms with Gasteiger partial charge in [-0.3, -0.25) is 15.4 Å². The van der Waals surface area contributed by atoms with E-state index in [0.29, 0.717) is 0 Å². The number of carbonyl (C=O) groups excluding carboxylic acids is 3. The molecule has 0 aliphatic heterocycles. The molecule has 0 aliphatic rings. The highest BCUT2D eigenvalue weighted by Crippen LogP contribution is 2.18. The summed E-state index contributed by atoms with van der Waals surface area (Å²) in [7, 11) is 0. The number of aromatic amines is 1. The molecule has 0 aliphatic carbocycles. The average Bonchev–Trinajstić information content (AvgIpc) is 2.81. The normalized spacial score (nSPS) is 11.9. The predicted molar refractivity (Wildman–Crippen MR) is 76.2 cm³/mol. The Kier molecular flexibility index (Phi) is 4.19. The SMILES string of the molecule is NC(=O)NC(=O)NC(=O)[C@@H](N)Cc1c[nH]c2ccccc12. The maximum atomic E-state index is 11.7. The standard InChI is InChI=1S/C13H15N5O3/c14-9(11(19)17-13(21)18-12(15)20)5-7-6-16-10-4-2-1-3-8(7)10/h1-4,6,9,16H,5,14H2,(H4,15,17,18,19,20,21)/t9-/m0/s1. The van der Waals surface area contributed by atoms with E-state index in [1.165, 1.54) is 0 Å². The number of imide groups is 2. The van der Waals surface area contributed by atoms with E-state index >= 15 is 0 Å². The molecule has 1 aromatic heterocycles. The van der Waals surface area contributed by atoms with E-state index < -0.39 is 24.0 Å². The highest BCUT2D eigenvalue weighted by Gasteiger charge is 2.18. The van der Waals surface area contributed by atoms with Crippen molar-refractivity contribution in [3.05, 3.63) is 36.0 Å². The van der Waals surface area contributed by atoms with E-state index in [9.17, 15) is 14.4 Å². The second-order valence-electron chi connectivity index (χ2n) is 4.48. The van der Waals surface area contributed by atoms with Crippen molar-refractivity contribution in [3.63, 3.8) is 0 Å². The van der Waals surface area contributed by atoms with Crippen molar-refractivity contribution >= 4 is 28.9 Å². The van der Waals surface area contributed by atoms with E-state index in [2.05, 4.69) is 4.98 Å². The number of H-pyrrole nitrogens is 1. The minimum absolute atomic E-state index is 0.250. The van der Waals surface area contributed by atoms with Gasteiger partial charge in [0.1, 0.15) is 0 Å². The van der Waals surface area contributed by atoms with Gasteiger partial charge in [-0.1, -0.05) is 18.2 Å². The molecular weight excluding hydrogens is 274 g/mol. The van der Waals surface area contributed by atoms with Gasteiger partial charge in [0.2, 0.25) is 5.91 Å². The zero-order chi connectivity index (χ0) is 15.4. The number of nitrogens with one attached hydrogen (secondary N) is 3. The smallest absolute Gasteiger partial charge is 0.329 e. The molecule has 0 spiro atoms. The summed E-state index contributed by atoms with van der Waals surface area (Å²) >= 11 is 0. The first-order valence-corrected chi connectivity index (χ1v) is 6.19. The molecule has 0 saturated heterocycles. The summed E-state index contributed by atoms with van der Waals surface area (Å²) in [5, 5.41) is 4.63. The molecule has 8 nitrogen and oxygen atoms in total. The van der Waals surface area contributed by atoms with Gasteiger partial charge >= 0.3 is 12.1 Å². The minimum Gasteiger partial charge on any atom is -0.361 e. The van der Waals surface area contributed by atoms with Crippen molar-refractivity contribution in [2.75, 3.05) is 0 Å². The summed E-state index contributed by atoms with van der Waals surface area (Å²) in [6.45, 7) is 0. The second kappa shape index (κ2) is 6.06. The molecule has 5 amide bonds. The molecular formula is C13H15N5O3. The zero-order valence-electron chi connectivity index (χ0n) is 11.1. The third kappa shape index (κ3) is 3.57. The predicted octanol–water partition coefficient (Wildman–Crippen LogP) is -0.0578. The first-order valence-electron chi connectivity index (χ1n) is 6.19. The van der Waals surface area contributed by atoms with Crippen LogP contribution in [0.15, 0.2) is 30.5 Å². The Morgan fingerprint density at radius 2 is 1.90 bits per heavy atom. The molecule has 0 bridgehead atoms. The van der Waals surface area contributed by atoms with Crippen LogP contribution < -0.4 is 22.1 Å². The van der Waals surface area contributed by atoms with Gasteiger partial charge in [0.15, 0.2) is 0 Å². The average molecular weight is 289 g/mol. The largest absolute Gasteiger partial charge is 0.361 e. The lowest BCUT2D eigenvalue weighted by molar-refractivity contribution is -0.121. The maximum Gasteiger partial charge on any atom is 0.329 e. The highest BCUT2D eigenvalue weighted by atomic mass is 16.2. The zero-order valence-corrected chi connectivity index (χ0v) is 11.1. The van der Waals surface area contributed by atoms with Gasteiger partial charge in [-0.25, -0.2) is 9.59 Å². The van der Waals surface area contributed by atoms with Crippen LogP contribution in [0.1, 0.15) is 5.56 Å². The Hall–Kier alpha value is -2.87. The molecule has 8 heteroatoms. The van der Waals surface area contributed by atoms with Gasteiger partial charge in [0, 0.05) is 17.1 Å². The molecule has 1 aromatic carbocycles. The number of nitrogens with two attached hydrogens (primary N) is 2. The number of amides is 5. The molecule has 1 heterocycles. The summed E-state index contributed by atoms with van der Waals surface area (Å²) in [6, 6.07) is 4.61. The van der Waals surface area contributed by atoms with Crippen LogP contribution in [0.5, 0.6) is 0 Å². The Morgan fingerprint density at radius 1 is 1.19 bits per heavy atom. The molecule has 7 N–H and O–H groups in total. The molecule has 2 aromatic rings. The van der Waals surface area contributed by atoms with Crippen LogP contribution in [0.25, 0.3) is 10.9 Å². The number of primary amides is 1. The summed E-state index contributed by atoms with van der Waals surface area (Å²) in [5.41, 5.74) is 12.3. The topological polar surface area (TPSA) is 143 Å². The lowest BCUT2D eigenvalue weighted by Crippen LogP contribution is -2.50. The third-order valence-electron chi connectivity index (χ3n) is 2.92. The van der Waals surface area contributed by atoms with Crippen molar-refractivity contribution in [1.82, 2.24) is 15.6 Å². The molecule has 0 fully saturated rings. The van der Waals surface area contributed by atoms with E-state index in [-0.39, 0.29) is 6.42 Å². The Balaban J connectivity index is 2.00. The van der Waals surface area contributed by atoms with E-state index in [4.69, 9.17) is 11.5 Å². The number of carbonyl (C=O) groups is 3. The minimum atomic E-state index is -1.05. The molecule has 1 atom stereocenters. The Labute approximate surface area is 119 Å². The van der Waals surface area contributed by atoms with E-state index in [1.807, 2.05) is 29.6 Å². The maximum absolute atomic E-state index is 11.7. The van der Waals surface area contributed by atoms with Crippen LogP contribution in [-0.4, -0.2) is 29.0 Å². The molecule has 2 rings (SSSR count). The number of benzene rings is 1. The quantitative estimate of drug-likeness (QED) is 0.539. The Bertz CT molecular complexity index is 694. The van der Waals surface area contributed by atoms with Crippen molar-refractivity contribution in [1.29, 1.82) is 0 Å². The fourth-order valence-electron chi connectivity index (χ4n) is 1.98. The lowest BCUT2D eigenvalue weighted by atomic mass is 10.1. The van der Waals surface area contributed by atoms with E-state index in [1.54, 1.807) is 11.5 Å². The third-order valence-corrected chi connectivity index (χ3v) is 2.92. The van der Waals surface area contributed by atoms with Crippen LogP contribution in [-0.2, 0) is 11.2 Å². The van der Waals surface area contributed by atoms with Gasteiger partial charge < -0.3 is 16.5 Å². The number of urea groups is 2. The molecule has 0 saturated carbocycles. The van der Waals surface area contributed by atoms with Crippen molar-refractivity contribution in [3.8, 4) is 0 Å². The Morgan fingerprint density at radius 3 is 2.62 bits per heavy atom. The van der Waals surface area contributed by atoms with Crippen molar-refractivity contribution < 1.29 is 14.4 Å². The van der Waals surface area contributed by atoms with Crippen LogP contribution in [0.3, 0.4) is 0 Å². The van der Waals surface area contributed by atoms with Gasteiger partial charge in [0.25, 0.3) is 0 Å². The molecule has 110 valence electrons. The fraction of sp³-hybridized carbons (Fsp3) is 0.154. The number of para-hydroxylation sites is 1. The van der Waals surface area contributed by atoms with Crippen molar-refractivity contribution in [2.45, 2.75) is 12.5 Å². The first-order chi connectivity index (χ1) is 9.97. The van der Waals surface area contributed by atoms with Crippen molar-refractivity contribution in [2.24, 2.45) is 11.5 Å². The number of rotatable bonds is 3. The molecule has 21 heavy (non-hydrogen) atoms. The first kappa shape index (κ1) is 14.5. The van der Waals surface area contributed by atoms with Gasteiger partial charge in [-0.05, 0) is 18.1 Å². The summed E-state index contributed by atoms with van der Waals surface area (Å²) in [6.07, 6.45) is 2.01. The van der Waals surface area contributed by atoms with Crippen LogP contribution in [0.2, 0.25) is 0 Å². The van der Waals surface area contributed by atoms with Crippen LogP contribution >= 0.6 is 0 Å². The highest BCUT2D eigenvalue weighted by molar-refractivity contribution is 6.02. The van der Waals surface area contributed by atoms with E-state index in [0.717, 1.165) is 16.5 Å². The van der Waals surface area contributed by atoms with Crippen LogP contribution in [0.4, 0.5) is 9.59 Å². The van der Waals surface area contributed by atoms with Gasteiger partial charge in [-0.2, -0.15) is 0 Å². The summed E-state index contributed by atoms with van der Waals surface area (Å²) in [5.74, 6) is -0.695. The molecule has 0 radical (unpaired) electrons. The number of hydrogen-bond donors (Lipinski definition) is 5. The fourth-order valence-corrected chi connectivity index (χ4v) is 1.98. The van der Waals surface area contributed by atoms with Gasteiger partial charge in [0.05, 0.1) is 6.04 Å². The van der Waals surface area contributed by atoms with Crippen LogP contribution in [0, 0.1) is 0 Å².